The van der Waals surface area contributed by atoms with Gasteiger partial charge in [0.25, 0.3) is 0 Å². The Morgan fingerprint density at radius 2 is 1.61 bits per heavy atom. The first-order valence-electron chi connectivity index (χ1n) is 7.74. The summed E-state index contributed by atoms with van der Waals surface area (Å²) in [5.41, 5.74) is 3.03. The highest BCUT2D eigenvalue weighted by atomic mass is 14.1. The molecule has 18 heavy (non-hydrogen) atoms. The van der Waals surface area contributed by atoms with Crippen LogP contribution in [0.5, 0.6) is 0 Å². The van der Waals surface area contributed by atoms with E-state index in [0.29, 0.717) is 0 Å². The number of allylic oxidation sites excluding steroid dienone is 4. The van der Waals surface area contributed by atoms with E-state index in [4.69, 9.17) is 0 Å². The fraction of sp³-hybridized carbons (Fsp3) is 0.778. The van der Waals surface area contributed by atoms with Gasteiger partial charge in [0.2, 0.25) is 0 Å². The first-order chi connectivity index (χ1) is 8.45. The summed E-state index contributed by atoms with van der Waals surface area (Å²) in [6, 6.07) is 0. The highest BCUT2D eigenvalue weighted by molar-refractivity contribution is 4.98. The number of rotatable bonds is 9. The molecule has 0 nitrogen and oxygen atoms in total. The van der Waals surface area contributed by atoms with Crippen LogP contribution in [-0.4, -0.2) is 0 Å². The highest BCUT2D eigenvalue weighted by Crippen LogP contribution is 2.17. The molecule has 0 heterocycles. The predicted octanol–water partition coefficient (Wildman–Crippen LogP) is 6.53. The van der Waals surface area contributed by atoms with Crippen molar-refractivity contribution in [2.75, 3.05) is 0 Å². The van der Waals surface area contributed by atoms with Crippen LogP contribution in [0.2, 0.25) is 0 Å². The number of hydrogen-bond donors (Lipinski definition) is 0. The molecule has 0 fully saturated rings. The molecule has 2 unspecified atom stereocenters. The summed E-state index contributed by atoms with van der Waals surface area (Å²) in [5.74, 6) is 1.70. The Balaban J connectivity index is 3.76. The highest BCUT2D eigenvalue weighted by Gasteiger charge is 2.01. The Morgan fingerprint density at radius 3 is 2.17 bits per heavy atom. The summed E-state index contributed by atoms with van der Waals surface area (Å²) in [5, 5.41) is 0. The van der Waals surface area contributed by atoms with Crippen molar-refractivity contribution >= 4 is 0 Å². The Bertz CT molecular complexity index is 253. The summed E-state index contributed by atoms with van der Waals surface area (Å²) in [7, 11) is 0. The molecule has 0 heteroatoms. The summed E-state index contributed by atoms with van der Waals surface area (Å²) >= 11 is 0. The molecule has 0 aliphatic heterocycles. The van der Waals surface area contributed by atoms with Crippen LogP contribution in [-0.2, 0) is 0 Å². The van der Waals surface area contributed by atoms with Crippen molar-refractivity contribution in [2.45, 2.75) is 80.1 Å². The van der Waals surface area contributed by atoms with Gasteiger partial charge in [0.1, 0.15) is 0 Å². The largest absolute Gasteiger partial charge is 0.0856 e. The van der Waals surface area contributed by atoms with E-state index in [1.165, 1.54) is 44.1 Å². The molecule has 0 N–H and O–H groups in total. The Labute approximate surface area is 116 Å². The van der Waals surface area contributed by atoms with Gasteiger partial charge in [-0.15, -0.1) is 0 Å². The molecule has 0 saturated carbocycles. The molecule has 106 valence electrons. The first kappa shape index (κ1) is 17.5. The zero-order chi connectivity index (χ0) is 14.0. The number of hydrogen-bond acceptors (Lipinski definition) is 0. The van der Waals surface area contributed by atoms with Gasteiger partial charge in [-0.2, -0.15) is 0 Å². The Kier molecular flexibility index (Phi) is 10.1. The lowest BCUT2D eigenvalue weighted by atomic mass is 9.97. The lowest BCUT2D eigenvalue weighted by Gasteiger charge is -2.09. The second-order valence-corrected chi connectivity index (χ2v) is 6.30. The second-order valence-electron chi connectivity index (χ2n) is 6.30. The Morgan fingerprint density at radius 1 is 0.944 bits per heavy atom. The molecule has 0 aromatic rings. The first-order valence-corrected chi connectivity index (χ1v) is 7.74. The molecule has 0 rings (SSSR count). The van der Waals surface area contributed by atoms with Gasteiger partial charge in [0, 0.05) is 0 Å². The van der Waals surface area contributed by atoms with E-state index in [9.17, 15) is 0 Å². The molecular formula is C18H34. The van der Waals surface area contributed by atoms with Crippen molar-refractivity contribution in [2.24, 2.45) is 11.8 Å². The average Bonchev–Trinajstić information content (AvgIpc) is 2.33. The van der Waals surface area contributed by atoms with Crippen molar-refractivity contribution in [3.63, 3.8) is 0 Å². The van der Waals surface area contributed by atoms with E-state index in [1.807, 2.05) is 0 Å². The van der Waals surface area contributed by atoms with E-state index >= 15 is 0 Å². The van der Waals surface area contributed by atoms with Crippen molar-refractivity contribution in [1.29, 1.82) is 0 Å². The van der Waals surface area contributed by atoms with Crippen LogP contribution in [0.4, 0.5) is 0 Å². The van der Waals surface area contributed by atoms with Crippen molar-refractivity contribution in [3.05, 3.63) is 23.3 Å². The van der Waals surface area contributed by atoms with Gasteiger partial charge in [-0.25, -0.2) is 0 Å². The summed E-state index contributed by atoms with van der Waals surface area (Å²) in [6.45, 7) is 13.7. The molecule has 0 aliphatic rings. The third-order valence-electron chi connectivity index (χ3n) is 3.81. The van der Waals surface area contributed by atoms with E-state index < -0.39 is 0 Å². The quantitative estimate of drug-likeness (QED) is 0.408. The zero-order valence-electron chi connectivity index (χ0n) is 13.6. The minimum atomic E-state index is 0.818. The molecule has 0 saturated heterocycles. The molecule has 2 atom stereocenters. The molecule has 0 aromatic heterocycles. The minimum absolute atomic E-state index is 0.818. The van der Waals surface area contributed by atoms with Gasteiger partial charge in [-0.05, 0) is 64.7 Å². The molecule has 0 radical (unpaired) electrons. The summed E-state index contributed by atoms with van der Waals surface area (Å²) < 4.78 is 0. The van der Waals surface area contributed by atoms with Crippen molar-refractivity contribution in [3.8, 4) is 0 Å². The van der Waals surface area contributed by atoms with Crippen LogP contribution in [0.15, 0.2) is 23.3 Å². The van der Waals surface area contributed by atoms with Gasteiger partial charge < -0.3 is 0 Å². The maximum Gasteiger partial charge on any atom is -0.0321 e. The fourth-order valence-corrected chi connectivity index (χ4v) is 1.95. The van der Waals surface area contributed by atoms with Crippen LogP contribution in [0, 0.1) is 11.8 Å². The molecule has 0 spiro atoms. The van der Waals surface area contributed by atoms with Crippen LogP contribution in [0.25, 0.3) is 0 Å². The van der Waals surface area contributed by atoms with Gasteiger partial charge in [0.15, 0.2) is 0 Å². The smallest absolute Gasteiger partial charge is 0.0321 e. The van der Waals surface area contributed by atoms with E-state index in [2.05, 4.69) is 53.7 Å². The maximum absolute atomic E-state index is 2.46. The molecular weight excluding hydrogens is 216 g/mol. The lowest BCUT2D eigenvalue weighted by Crippen LogP contribution is -1.94. The molecule has 0 bridgehead atoms. The predicted molar refractivity (Wildman–Crippen MR) is 84.9 cm³/mol. The van der Waals surface area contributed by atoms with E-state index in [-0.39, 0.29) is 0 Å². The summed E-state index contributed by atoms with van der Waals surface area (Å²) in [6.07, 6.45) is 12.6. The van der Waals surface area contributed by atoms with Crippen LogP contribution in [0.3, 0.4) is 0 Å². The van der Waals surface area contributed by atoms with Crippen LogP contribution < -0.4 is 0 Å². The molecule has 0 amide bonds. The van der Waals surface area contributed by atoms with Gasteiger partial charge in [-0.1, -0.05) is 50.5 Å². The maximum atomic E-state index is 2.46. The topological polar surface area (TPSA) is 0 Å². The van der Waals surface area contributed by atoms with E-state index in [1.54, 1.807) is 5.57 Å². The van der Waals surface area contributed by atoms with Gasteiger partial charge >= 0.3 is 0 Å². The van der Waals surface area contributed by atoms with Gasteiger partial charge in [0.05, 0.1) is 0 Å². The summed E-state index contributed by atoms with van der Waals surface area (Å²) in [4.78, 5) is 0. The standard InChI is InChI=1S/C18H34/c1-7-16(4)13-14-18(6)10-8-9-17(5)12-11-15(2)3/h10-11,16-17H,7-9,12-14H2,1-6H3. The van der Waals surface area contributed by atoms with Crippen LogP contribution >= 0.6 is 0 Å². The molecule has 0 aromatic carbocycles. The normalized spacial score (nSPS) is 15.3. The van der Waals surface area contributed by atoms with Crippen molar-refractivity contribution in [1.82, 2.24) is 0 Å². The fourth-order valence-electron chi connectivity index (χ4n) is 1.95. The zero-order valence-corrected chi connectivity index (χ0v) is 13.6. The second kappa shape index (κ2) is 10.4. The lowest BCUT2D eigenvalue weighted by molar-refractivity contribution is 0.513. The van der Waals surface area contributed by atoms with Crippen molar-refractivity contribution < 1.29 is 0 Å². The SMILES string of the molecule is CCC(C)CCC(C)=CCCC(C)CC=C(C)C. The average molecular weight is 250 g/mol. The Hall–Kier alpha value is -0.520. The molecule has 0 aliphatic carbocycles. The van der Waals surface area contributed by atoms with E-state index in [0.717, 1.165) is 11.8 Å². The minimum Gasteiger partial charge on any atom is -0.0856 e. The monoisotopic (exact) mass is 250 g/mol. The third-order valence-corrected chi connectivity index (χ3v) is 3.81. The van der Waals surface area contributed by atoms with Gasteiger partial charge in [-0.3, -0.25) is 0 Å². The van der Waals surface area contributed by atoms with Crippen LogP contribution in [0.1, 0.15) is 80.1 Å². The third kappa shape index (κ3) is 10.6.